The summed E-state index contributed by atoms with van der Waals surface area (Å²) in [7, 11) is 0. The third-order valence-corrected chi connectivity index (χ3v) is 6.48. The van der Waals surface area contributed by atoms with Crippen molar-refractivity contribution in [2.24, 2.45) is 0 Å². The molecule has 1 aromatic carbocycles. The molecule has 176 valence electrons. The molecule has 3 heterocycles. The topological polar surface area (TPSA) is 102 Å². The molecule has 9 nitrogen and oxygen atoms in total. The summed E-state index contributed by atoms with van der Waals surface area (Å²) in [4.78, 5) is 39.3. The molecule has 2 aliphatic heterocycles. The number of nitrogens with one attached hydrogen (secondary N) is 1. The number of fused-ring (bicyclic) bond motifs is 1. The van der Waals surface area contributed by atoms with Crippen LogP contribution in [0.1, 0.15) is 45.7 Å². The summed E-state index contributed by atoms with van der Waals surface area (Å²) >= 11 is 0. The quantitative estimate of drug-likeness (QED) is 0.735. The standard InChI is InChI=1S/C24H32N6O3/c1-15(2)29(24(32)33)22-11-16(3)30(17(4)31)21-6-5-18(12-19(21)22)20-13-27-23(14-26-20)28-9-7-25-8-10-28/h5-6,12-16,22,25H,7-11H2,1-4H3,(H,32,33). The molecule has 2 unspecified atom stereocenters. The number of piperazine rings is 1. The third-order valence-electron chi connectivity index (χ3n) is 6.48. The third kappa shape index (κ3) is 4.50. The summed E-state index contributed by atoms with van der Waals surface area (Å²) in [6.45, 7) is 10.9. The van der Waals surface area contributed by atoms with Crippen LogP contribution in [-0.2, 0) is 4.79 Å². The zero-order chi connectivity index (χ0) is 23.7. The van der Waals surface area contributed by atoms with Crippen LogP contribution in [0, 0.1) is 0 Å². The lowest BCUT2D eigenvalue weighted by molar-refractivity contribution is -0.117. The molecule has 2 aromatic rings. The van der Waals surface area contributed by atoms with Crippen molar-refractivity contribution in [2.45, 2.75) is 52.2 Å². The van der Waals surface area contributed by atoms with Crippen LogP contribution >= 0.6 is 0 Å². The summed E-state index contributed by atoms with van der Waals surface area (Å²) in [6, 6.07) is 5.15. The number of benzene rings is 1. The van der Waals surface area contributed by atoms with Gasteiger partial charge in [-0.05, 0) is 44.9 Å². The number of hydrogen-bond acceptors (Lipinski definition) is 6. The van der Waals surface area contributed by atoms with E-state index in [-0.39, 0.29) is 24.0 Å². The highest BCUT2D eigenvalue weighted by Gasteiger charge is 2.38. The second-order valence-electron chi connectivity index (χ2n) is 9.04. The number of hydrogen-bond donors (Lipinski definition) is 2. The first-order valence-corrected chi connectivity index (χ1v) is 11.5. The van der Waals surface area contributed by atoms with E-state index in [2.05, 4.69) is 20.2 Å². The van der Waals surface area contributed by atoms with Crippen molar-refractivity contribution in [1.29, 1.82) is 0 Å². The Kier molecular flexibility index (Phi) is 6.51. The maximum atomic E-state index is 12.4. The summed E-state index contributed by atoms with van der Waals surface area (Å²) in [6.07, 6.45) is 3.13. The molecule has 0 radical (unpaired) electrons. The average Bonchev–Trinajstić information content (AvgIpc) is 2.79. The van der Waals surface area contributed by atoms with E-state index in [0.717, 1.165) is 54.5 Å². The number of aromatic nitrogens is 2. The monoisotopic (exact) mass is 452 g/mol. The van der Waals surface area contributed by atoms with Crippen LogP contribution in [0.4, 0.5) is 16.3 Å². The number of carboxylic acid groups (broad SMARTS) is 1. The van der Waals surface area contributed by atoms with E-state index in [0.29, 0.717) is 6.42 Å². The highest BCUT2D eigenvalue weighted by atomic mass is 16.4. The van der Waals surface area contributed by atoms with Crippen molar-refractivity contribution in [1.82, 2.24) is 20.2 Å². The molecule has 9 heteroatoms. The molecular formula is C24H32N6O3. The second-order valence-corrected chi connectivity index (χ2v) is 9.04. The van der Waals surface area contributed by atoms with Crippen LogP contribution < -0.4 is 15.1 Å². The van der Waals surface area contributed by atoms with Crippen molar-refractivity contribution in [2.75, 3.05) is 36.0 Å². The number of carbonyl (C=O) groups is 2. The van der Waals surface area contributed by atoms with Crippen LogP contribution in [0.5, 0.6) is 0 Å². The summed E-state index contributed by atoms with van der Waals surface area (Å²) in [5.74, 6) is 0.797. The van der Waals surface area contributed by atoms with Crippen LogP contribution in [0.2, 0.25) is 0 Å². The fraction of sp³-hybridized carbons (Fsp3) is 0.500. The normalized spacial score (nSPS) is 20.5. The molecular weight excluding hydrogens is 420 g/mol. The highest BCUT2D eigenvalue weighted by Crippen LogP contribution is 2.43. The van der Waals surface area contributed by atoms with Crippen molar-refractivity contribution < 1.29 is 14.7 Å². The maximum Gasteiger partial charge on any atom is 0.408 e. The lowest BCUT2D eigenvalue weighted by Gasteiger charge is -2.43. The second kappa shape index (κ2) is 9.35. The van der Waals surface area contributed by atoms with Gasteiger partial charge in [0.1, 0.15) is 5.82 Å². The zero-order valence-electron chi connectivity index (χ0n) is 19.7. The van der Waals surface area contributed by atoms with Crippen molar-refractivity contribution in [3.8, 4) is 11.3 Å². The van der Waals surface area contributed by atoms with E-state index < -0.39 is 6.09 Å². The summed E-state index contributed by atoms with van der Waals surface area (Å²) < 4.78 is 0. The number of amides is 2. The molecule has 0 aliphatic carbocycles. The van der Waals surface area contributed by atoms with E-state index in [1.165, 1.54) is 4.90 Å². The largest absolute Gasteiger partial charge is 0.465 e. The Labute approximate surface area is 194 Å². The SMILES string of the molecule is CC(=O)N1c2ccc(-c3cnc(N4CCNCC4)cn3)cc2C(N(C(=O)O)C(C)C)CC1C. The van der Waals surface area contributed by atoms with Gasteiger partial charge in [0.25, 0.3) is 0 Å². The Morgan fingerprint density at radius 2 is 1.91 bits per heavy atom. The molecule has 1 aromatic heterocycles. The summed E-state index contributed by atoms with van der Waals surface area (Å²) in [5, 5.41) is 13.3. The molecule has 0 bridgehead atoms. The molecule has 2 atom stereocenters. The van der Waals surface area contributed by atoms with Gasteiger partial charge >= 0.3 is 6.09 Å². The van der Waals surface area contributed by atoms with Gasteiger partial charge in [0.05, 0.1) is 24.1 Å². The van der Waals surface area contributed by atoms with E-state index in [1.54, 1.807) is 24.2 Å². The maximum absolute atomic E-state index is 12.4. The van der Waals surface area contributed by atoms with E-state index in [9.17, 15) is 14.7 Å². The Morgan fingerprint density at radius 1 is 1.18 bits per heavy atom. The minimum atomic E-state index is -0.963. The molecule has 33 heavy (non-hydrogen) atoms. The van der Waals surface area contributed by atoms with Gasteiger partial charge < -0.3 is 20.2 Å². The van der Waals surface area contributed by atoms with Crippen LogP contribution in [0.15, 0.2) is 30.6 Å². The molecule has 2 N–H and O–H groups in total. The van der Waals surface area contributed by atoms with Crippen LogP contribution in [0.3, 0.4) is 0 Å². The first kappa shape index (κ1) is 23.0. The lowest BCUT2D eigenvalue weighted by Crippen LogP contribution is -2.48. The van der Waals surface area contributed by atoms with Gasteiger partial charge in [-0.15, -0.1) is 0 Å². The molecule has 0 saturated carbocycles. The fourth-order valence-electron chi connectivity index (χ4n) is 4.98. The lowest BCUT2D eigenvalue weighted by atomic mass is 9.88. The first-order valence-electron chi connectivity index (χ1n) is 11.5. The van der Waals surface area contributed by atoms with Crippen molar-refractivity contribution in [3.63, 3.8) is 0 Å². The Morgan fingerprint density at radius 3 is 2.48 bits per heavy atom. The highest BCUT2D eigenvalue weighted by molar-refractivity contribution is 5.94. The van der Waals surface area contributed by atoms with Gasteiger partial charge in [0.2, 0.25) is 5.91 Å². The fourth-order valence-corrected chi connectivity index (χ4v) is 4.98. The van der Waals surface area contributed by atoms with Crippen LogP contribution in [-0.4, -0.2) is 70.2 Å². The predicted octanol–water partition coefficient (Wildman–Crippen LogP) is 3.13. The van der Waals surface area contributed by atoms with Gasteiger partial charge in [-0.1, -0.05) is 6.07 Å². The van der Waals surface area contributed by atoms with Gasteiger partial charge in [0, 0.05) is 56.4 Å². The molecule has 0 spiro atoms. The van der Waals surface area contributed by atoms with Crippen molar-refractivity contribution in [3.05, 3.63) is 36.2 Å². The molecule has 1 saturated heterocycles. The zero-order valence-corrected chi connectivity index (χ0v) is 19.7. The van der Waals surface area contributed by atoms with Gasteiger partial charge in [-0.25, -0.2) is 9.78 Å². The van der Waals surface area contributed by atoms with Crippen molar-refractivity contribution >= 4 is 23.5 Å². The van der Waals surface area contributed by atoms with E-state index >= 15 is 0 Å². The minimum absolute atomic E-state index is 0.0541. The number of anilines is 2. The first-order chi connectivity index (χ1) is 15.8. The summed E-state index contributed by atoms with van der Waals surface area (Å²) in [5.41, 5.74) is 3.15. The molecule has 1 fully saturated rings. The van der Waals surface area contributed by atoms with Gasteiger partial charge in [0.15, 0.2) is 0 Å². The van der Waals surface area contributed by atoms with Gasteiger partial charge in [-0.3, -0.25) is 14.7 Å². The number of carbonyl (C=O) groups excluding carboxylic acids is 1. The minimum Gasteiger partial charge on any atom is -0.465 e. The smallest absolute Gasteiger partial charge is 0.408 e. The Bertz CT molecular complexity index is 1020. The predicted molar refractivity (Wildman–Crippen MR) is 128 cm³/mol. The van der Waals surface area contributed by atoms with E-state index in [4.69, 9.17) is 0 Å². The van der Waals surface area contributed by atoms with Gasteiger partial charge in [-0.2, -0.15) is 0 Å². The Balaban J connectivity index is 1.73. The van der Waals surface area contributed by atoms with Crippen LogP contribution in [0.25, 0.3) is 11.3 Å². The molecule has 2 aliphatic rings. The average molecular weight is 453 g/mol. The number of rotatable bonds is 4. The number of nitrogens with zero attached hydrogens (tertiary/aromatic N) is 5. The molecule has 2 amide bonds. The van der Waals surface area contributed by atoms with E-state index in [1.807, 2.05) is 39.0 Å². The molecule has 4 rings (SSSR count). The Hall–Kier alpha value is -3.20.